The van der Waals surface area contributed by atoms with Gasteiger partial charge in [-0.2, -0.15) is 0 Å². The lowest BCUT2D eigenvalue weighted by Gasteiger charge is -2.27. The zero-order valence-corrected chi connectivity index (χ0v) is 11.8. The van der Waals surface area contributed by atoms with E-state index in [0.717, 1.165) is 15.2 Å². The van der Waals surface area contributed by atoms with Gasteiger partial charge in [0.15, 0.2) is 0 Å². The lowest BCUT2D eigenvalue weighted by molar-refractivity contribution is 0.288. The Labute approximate surface area is 113 Å². The van der Waals surface area contributed by atoms with Crippen molar-refractivity contribution in [3.63, 3.8) is 0 Å². The Kier molecular flexibility index (Phi) is 2.84. The zero-order valence-electron chi connectivity index (χ0n) is 9.37. The van der Waals surface area contributed by atoms with Crippen molar-refractivity contribution in [2.45, 2.75) is 13.0 Å². The van der Waals surface area contributed by atoms with E-state index in [4.69, 9.17) is 4.74 Å². The predicted molar refractivity (Wildman–Crippen MR) is 75.1 cm³/mol. The molecule has 1 aromatic carbocycles. The predicted octanol–water partition coefficient (Wildman–Crippen LogP) is 4.36. The summed E-state index contributed by atoms with van der Waals surface area (Å²) in [5.74, 6) is 0.947. The van der Waals surface area contributed by atoms with Crippen LogP contribution in [0, 0.1) is 6.92 Å². The van der Waals surface area contributed by atoms with Crippen LogP contribution in [0.5, 0.6) is 5.75 Å². The maximum Gasteiger partial charge on any atom is 0.142 e. The van der Waals surface area contributed by atoms with E-state index in [-0.39, 0.29) is 6.04 Å². The van der Waals surface area contributed by atoms with Gasteiger partial charge in [-0.05, 0) is 52.7 Å². The topological polar surface area (TPSA) is 21.3 Å². The molecular formula is C13H12BrNOS. The molecule has 1 atom stereocenters. The average Bonchev–Trinajstić information content (AvgIpc) is 2.75. The molecule has 0 saturated heterocycles. The van der Waals surface area contributed by atoms with Crippen LogP contribution in [-0.4, -0.2) is 6.61 Å². The summed E-state index contributed by atoms with van der Waals surface area (Å²) in [6.45, 7) is 2.77. The summed E-state index contributed by atoms with van der Waals surface area (Å²) in [7, 11) is 0. The largest absolute Gasteiger partial charge is 0.489 e. The lowest BCUT2D eigenvalue weighted by Crippen LogP contribution is -2.23. The highest BCUT2D eigenvalue weighted by Crippen LogP contribution is 2.37. The van der Waals surface area contributed by atoms with Crippen molar-refractivity contribution in [2.24, 2.45) is 0 Å². The van der Waals surface area contributed by atoms with Crippen molar-refractivity contribution in [2.75, 3.05) is 11.9 Å². The maximum absolute atomic E-state index is 5.78. The Hall–Kier alpha value is -1.000. The van der Waals surface area contributed by atoms with Gasteiger partial charge in [0, 0.05) is 4.88 Å². The molecule has 2 aromatic rings. The zero-order chi connectivity index (χ0) is 11.8. The van der Waals surface area contributed by atoms with Crippen LogP contribution >= 0.6 is 27.3 Å². The Morgan fingerprint density at radius 2 is 2.24 bits per heavy atom. The molecule has 0 spiro atoms. The molecule has 2 heterocycles. The summed E-state index contributed by atoms with van der Waals surface area (Å²) < 4.78 is 6.94. The molecule has 17 heavy (non-hydrogen) atoms. The minimum absolute atomic E-state index is 0.251. The molecule has 4 heteroatoms. The molecule has 0 fully saturated rings. The van der Waals surface area contributed by atoms with Gasteiger partial charge < -0.3 is 10.1 Å². The number of fused-ring (bicyclic) bond motifs is 1. The number of hydrogen-bond donors (Lipinski definition) is 1. The highest BCUT2D eigenvalue weighted by Gasteiger charge is 2.21. The number of benzene rings is 1. The first-order valence-electron chi connectivity index (χ1n) is 5.47. The van der Waals surface area contributed by atoms with Crippen molar-refractivity contribution in [1.82, 2.24) is 0 Å². The average molecular weight is 310 g/mol. The Balaban J connectivity index is 1.89. The quantitative estimate of drug-likeness (QED) is 0.845. The van der Waals surface area contributed by atoms with E-state index in [1.54, 1.807) is 11.3 Å². The molecule has 88 valence electrons. The third-order valence-corrected chi connectivity index (χ3v) is 4.55. The summed E-state index contributed by atoms with van der Waals surface area (Å²) in [4.78, 5) is 1.30. The molecule has 0 amide bonds. The number of hydrogen-bond acceptors (Lipinski definition) is 3. The molecule has 0 aliphatic carbocycles. The molecule has 1 aliphatic heterocycles. The summed E-state index contributed by atoms with van der Waals surface area (Å²) in [5.41, 5.74) is 2.33. The van der Waals surface area contributed by atoms with Gasteiger partial charge in [0.25, 0.3) is 0 Å². The van der Waals surface area contributed by atoms with Gasteiger partial charge in [-0.3, -0.25) is 0 Å². The molecule has 0 bridgehead atoms. The molecule has 0 saturated carbocycles. The second-order valence-corrected chi connectivity index (χ2v) is 6.64. The van der Waals surface area contributed by atoms with Crippen LogP contribution in [0.15, 0.2) is 34.1 Å². The lowest BCUT2D eigenvalue weighted by atomic mass is 10.1. The first-order valence-corrected chi connectivity index (χ1v) is 7.08. The molecule has 3 rings (SSSR count). The highest BCUT2D eigenvalue weighted by molar-refractivity contribution is 9.11. The van der Waals surface area contributed by atoms with Crippen LogP contribution < -0.4 is 10.1 Å². The van der Waals surface area contributed by atoms with Crippen LogP contribution in [-0.2, 0) is 0 Å². The maximum atomic E-state index is 5.78. The fourth-order valence-electron chi connectivity index (χ4n) is 1.95. The van der Waals surface area contributed by atoms with E-state index >= 15 is 0 Å². The summed E-state index contributed by atoms with van der Waals surface area (Å²) >= 11 is 5.24. The Bertz CT molecular complexity index is 552. The SMILES string of the molecule is Cc1ccc2c(c1)NC(c1ccc(Br)s1)CO2. The van der Waals surface area contributed by atoms with E-state index in [2.05, 4.69) is 52.4 Å². The number of anilines is 1. The number of ether oxygens (including phenoxy) is 1. The smallest absolute Gasteiger partial charge is 0.142 e. The molecule has 1 N–H and O–H groups in total. The molecule has 2 nitrogen and oxygen atoms in total. The minimum Gasteiger partial charge on any atom is -0.489 e. The number of nitrogens with one attached hydrogen (secondary N) is 1. The van der Waals surface area contributed by atoms with Crippen molar-refractivity contribution in [3.05, 3.63) is 44.6 Å². The number of rotatable bonds is 1. The number of halogens is 1. The fourth-order valence-corrected chi connectivity index (χ4v) is 3.41. The summed E-state index contributed by atoms with van der Waals surface area (Å²) in [5, 5.41) is 3.53. The Morgan fingerprint density at radius 3 is 3.00 bits per heavy atom. The summed E-state index contributed by atoms with van der Waals surface area (Å²) in [6.07, 6.45) is 0. The van der Waals surface area contributed by atoms with Crippen LogP contribution in [0.1, 0.15) is 16.5 Å². The Morgan fingerprint density at radius 1 is 1.35 bits per heavy atom. The summed E-state index contributed by atoms with van der Waals surface area (Å²) in [6, 6.07) is 10.7. The first-order chi connectivity index (χ1) is 8.22. The number of thiophene rings is 1. The van der Waals surface area contributed by atoms with Gasteiger partial charge in [-0.1, -0.05) is 6.07 Å². The molecular weight excluding hydrogens is 298 g/mol. The molecule has 1 unspecified atom stereocenters. The third-order valence-electron chi connectivity index (χ3n) is 2.81. The monoisotopic (exact) mass is 309 g/mol. The first kappa shape index (κ1) is 11.1. The fraction of sp³-hybridized carbons (Fsp3) is 0.231. The highest BCUT2D eigenvalue weighted by atomic mass is 79.9. The molecule has 1 aliphatic rings. The van der Waals surface area contributed by atoms with Crippen molar-refractivity contribution in [1.29, 1.82) is 0 Å². The van der Waals surface area contributed by atoms with Gasteiger partial charge in [0.05, 0.1) is 15.5 Å². The van der Waals surface area contributed by atoms with Crippen molar-refractivity contribution < 1.29 is 4.74 Å². The van der Waals surface area contributed by atoms with Gasteiger partial charge in [0.1, 0.15) is 12.4 Å². The van der Waals surface area contributed by atoms with Gasteiger partial charge in [-0.25, -0.2) is 0 Å². The van der Waals surface area contributed by atoms with Crippen LogP contribution in [0.2, 0.25) is 0 Å². The number of aryl methyl sites for hydroxylation is 1. The standard InChI is InChI=1S/C13H12BrNOS/c1-8-2-3-11-9(6-8)15-10(7-16-11)12-4-5-13(14)17-12/h2-6,10,15H,7H2,1H3. The van der Waals surface area contributed by atoms with Crippen LogP contribution in [0.4, 0.5) is 5.69 Å². The van der Waals surface area contributed by atoms with E-state index in [9.17, 15) is 0 Å². The molecule has 0 radical (unpaired) electrons. The van der Waals surface area contributed by atoms with E-state index in [1.807, 2.05) is 6.07 Å². The minimum atomic E-state index is 0.251. The van der Waals surface area contributed by atoms with Crippen LogP contribution in [0.3, 0.4) is 0 Å². The molecule has 1 aromatic heterocycles. The van der Waals surface area contributed by atoms with Gasteiger partial charge >= 0.3 is 0 Å². The second-order valence-electron chi connectivity index (χ2n) is 4.15. The third kappa shape index (κ3) is 2.19. The van der Waals surface area contributed by atoms with Gasteiger partial charge in [0.2, 0.25) is 0 Å². The van der Waals surface area contributed by atoms with E-state index in [0.29, 0.717) is 6.61 Å². The van der Waals surface area contributed by atoms with E-state index in [1.165, 1.54) is 10.4 Å². The van der Waals surface area contributed by atoms with E-state index < -0.39 is 0 Å². The normalized spacial score (nSPS) is 18.1. The second kappa shape index (κ2) is 4.35. The van der Waals surface area contributed by atoms with Crippen LogP contribution in [0.25, 0.3) is 0 Å². The van der Waals surface area contributed by atoms with Crippen molar-refractivity contribution in [3.8, 4) is 5.75 Å². The van der Waals surface area contributed by atoms with Gasteiger partial charge in [-0.15, -0.1) is 11.3 Å². The van der Waals surface area contributed by atoms with Crippen molar-refractivity contribution >= 4 is 33.0 Å².